The van der Waals surface area contributed by atoms with Gasteiger partial charge in [-0.25, -0.2) is 0 Å². The van der Waals surface area contributed by atoms with Crippen molar-refractivity contribution in [3.8, 4) is 0 Å². The predicted molar refractivity (Wildman–Crippen MR) is 114 cm³/mol. The normalized spacial score (nSPS) is 32.2. The molecule has 162 valence electrons. The molecule has 0 aromatic carbocycles. The molecule has 5 nitrogen and oxygen atoms in total. The Morgan fingerprint density at radius 2 is 2.10 bits per heavy atom. The van der Waals surface area contributed by atoms with Crippen molar-refractivity contribution in [2.45, 2.75) is 89.1 Å². The van der Waals surface area contributed by atoms with E-state index in [1.165, 1.54) is 4.88 Å². The molecule has 1 spiro atoms. The third kappa shape index (κ3) is 4.55. The van der Waals surface area contributed by atoms with E-state index in [1.807, 2.05) is 24.8 Å². The van der Waals surface area contributed by atoms with E-state index < -0.39 is 5.60 Å². The Bertz CT molecular complexity index is 705. The lowest BCUT2D eigenvalue weighted by molar-refractivity contribution is -0.155. The van der Waals surface area contributed by atoms with E-state index in [-0.39, 0.29) is 29.1 Å². The summed E-state index contributed by atoms with van der Waals surface area (Å²) < 4.78 is 12.6. The molecule has 0 saturated carbocycles. The molecular formula is C23H35NO4S. The molecule has 1 amide bonds. The first kappa shape index (κ1) is 21.3. The lowest BCUT2D eigenvalue weighted by Crippen LogP contribution is -2.45. The first-order valence-electron chi connectivity index (χ1n) is 11.0. The second-order valence-electron chi connectivity index (χ2n) is 10.1. The van der Waals surface area contributed by atoms with E-state index in [0.717, 1.165) is 58.2 Å². The summed E-state index contributed by atoms with van der Waals surface area (Å²) in [6.45, 7) is 8.23. The summed E-state index contributed by atoms with van der Waals surface area (Å²) in [6, 6.07) is 4.15. The highest BCUT2D eigenvalue weighted by molar-refractivity contribution is 7.09. The molecule has 3 saturated heterocycles. The highest BCUT2D eigenvalue weighted by Crippen LogP contribution is 2.49. The highest BCUT2D eigenvalue weighted by Gasteiger charge is 2.53. The standard InChI is InChI=1S/C23H35NO4S/c1-21(2,26)18-8-9-22(3,28-18)19-15-23(16-27-19)10-12-24(13-11-23)20(25)7-6-17-5-4-14-29-17/h4-5,14,18-19,26H,6-13,15-16H2,1-3H3/t18-,19-,22+/m0/s1. The number of carbonyl (C=O) groups excluding carboxylic acids is 1. The van der Waals surface area contributed by atoms with Gasteiger partial charge in [-0.15, -0.1) is 11.3 Å². The van der Waals surface area contributed by atoms with E-state index in [9.17, 15) is 9.90 Å². The number of piperidine rings is 1. The molecule has 1 aromatic heterocycles. The predicted octanol–water partition coefficient (Wildman–Crippen LogP) is 3.79. The van der Waals surface area contributed by atoms with Crippen LogP contribution in [0.1, 0.15) is 64.2 Å². The van der Waals surface area contributed by atoms with Crippen LogP contribution in [0, 0.1) is 5.41 Å². The summed E-state index contributed by atoms with van der Waals surface area (Å²) in [4.78, 5) is 15.9. The number of hydrogen-bond acceptors (Lipinski definition) is 5. The van der Waals surface area contributed by atoms with Gasteiger partial charge in [0.1, 0.15) is 0 Å². The topological polar surface area (TPSA) is 59.0 Å². The molecule has 1 N–H and O–H groups in total. The molecule has 3 aliphatic heterocycles. The Hall–Kier alpha value is -0.950. The first-order valence-corrected chi connectivity index (χ1v) is 11.9. The van der Waals surface area contributed by atoms with Gasteiger partial charge in [0.05, 0.1) is 30.0 Å². The lowest BCUT2D eigenvalue weighted by atomic mass is 9.74. The molecule has 6 heteroatoms. The van der Waals surface area contributed by atoms with Gasteiger partial charge in [0, 0.05) is 24.4 Å². The minimum absolute atomic E-state index is 0.0796. The largest absolute Gasteiger partial charge is 0.388 e. The van der Waals surface area contributed by atoms with Crippen molar-refractivity contribution >= 4 is 17.2 Å². The second-order valence-corrected chi connectivity index (χ2v) is 11.1. The van der Waals surface area contributed by atoms with Crippen LogP contribution in [0.3, 0.4) is 0 Å². The van der Waals surface area contributed by atoms with E-state index in [1.54, 1.807) is 11.3 Å². The van der Waals surface area contributed by atoms with Gasteiger partial charge in [0.15, 0.2) is 0 Å². The fourth-order valence-corrected chi connectivity index (χ4v) is 5.91. The number of nitrogens with zero attached hydrogens (tertiary/aromatic N) is 1. The number of likely N-dealkylation sites (tertiary alicyclic amines) is 1. The van der Waals surface area contributed by atoms with Crippen molar-refractivity contribution in [3.05, 3.63) is 22.4 Å². The molecule has 29 heavy (non-hydrogen) atoms. The SMILES string of the molecule is CC(C)(O)[C@@H]1CC[C@](C)([C@@H]2CC3(CCN(C(=O)CCc4cccs4)CC3)CO2)O1. The molecule has 3 atom stereocenters. The molecule has 3 fully saturated rings. The molecular weight excluding hydrogens is 386 g/mol. The number of hydrogen-bond donors (Lipinski definition) is 1. The third-order valence-corrected chi connectivity index (χ3v) is 8.27. The Balaban J connectivity index is 1.28. The minimum Gasteiger partial charge on any atom is -0.388 e. The van der Waals surface area contributed by atoms with Gasteiger partial charge in [-0.3, -0.25) is 4.79 Å². The van der Waals surface area contributed by atoms with Crippen LogP contribution in [0.25, 0.3) is 0 Å². The second kappa shape index (κ2) is 7.95. The van der Waals surface area contributed by atoms with Crippen LogP contribution in [0.2, 0.25) is 0 Å². The maximum atomic E-state index is 12.6. The van der Waals surface area contributed by atoms with Crippen LogP contribution in [-0.4, -0.2) is 59.0 Å². The smallest absolute Gasteiger partial charge is 0.222 e. The van der Waals surface area contributed by atoms with Crippen molar-refractivity contribution in [1.82, 2.24) is 4.90 Å². The zero-order chi connectivity index (χ0) is 20.7. The number of rotatable bonds is 5. The maximum Gasteiger partial charge on any atom is 0.222 e. The summed E-state index contributed by atoms with van der Waals surface area (Å²) in [5.74, 6) is 0.280. The van der Waals surface area contributed by atoms with Gasteiger partial charge in [-0.1, -0.05) is 6.07 Å². The lowest BCUT2D eigenvalue weighted by Gasteiger charge is -2.39. The molecule has 0 radical (unpaired) electrons. The number of ether oxygens (including phenoxy) is 2. The summed E-state index contributed by atoms with van der Waals surface area (Å²) in [5, 5.41) is 12.4. The maximum absolute atomic E-state index is 12.6. The number of aryl methyl sites for hydroxylation is 1. The first-order chi connectivity index (χ1) is 13.7. The van der Waals surface area contributed by atoms with Crippen LogP contribution < -0.4 is 0 Å². The number of thiophene rings is 1. The summed E-state index contributed by atoms with van der Waals surface area (Å²) in [6.07, 6.45) is 6.23. The molecule has 3 aliphatic rings. The highest BCUT2D eigenvalue weighted by atomic mass is 32.1. The third-order valence-electron chi connectivity index (χ3n) is 7.33. The Morgan fingerprint density at radius 1 is 1.34 bits per heavy atom. The molecule has 0 bridgehead atoms. The van der Waals surface area contributed by atoms with Gasteiger partial charge >= 0.3 is 0 Å². The van der Waals surface area contributed by atoms with E-state index >= 15 is 0 Å². The van der Waals surface area contributed by atoms with Crippen molar-refractivity contribution in [2.24, 2.45) is 5.41 Å². The van der Waals surface area contributed by atoms with Gasteiger partial charge in [-0.05, 0) is 76.2 Å². The molecule has 4 rings (SSSR count). The van der Waals surface area contributed by atoms with Gasteiger partial charge in [-0.2, -0.15) is 0 Å². The van der Waals surface area contributed by atoms with Crippen molar-refractivity contribution < 1.29 is 19.4 Å². The van der Waals surface area contributed by atoms with Gasteiger partial charge < -0.3 is 19.5 Å². The number of amides is 1. The Kier molecular flexibility index (Phi) is 5.84. The minimum atomic E-state index is -0.817. The van der Waals surface area contributed by atoms with Crippen LogP contribution in [0.15, 0.2) is 17.5 Å². The van der Waals surface area contributed by atoms with Crippen LogP contribution >= 0.6 is 11.3 Å². The Morgan fingerprint density at radius 3 is 2.72 bits per heavy atom. The van der Waals surface area contributed by atoms with Gasteiger partial charge in [0.25, 0.3) is 0 Å². The zero-order valence-corrected chi connectivity index (χ0v) is 18.8. The van der Waals surface area contributed by atoms with Crippen molar-refractivity contribution in [1.29, 1.82) is 0 Å². The number of carbonyl (C=O) groups is 1. The van der Waals surface area contributed by atoms with Crippen LogP contribution in [0.4, 0.5) is 0 Å². The van der Waals surface area contributed by atoms with Gasteiger partial charge in [0.2, 0.25) is 5.91 Å². The van der Waals surface area contributed by atoms with E-state index in [4.69, 9.17) is 9.47 Å². The van der Waals surface area contributed by atoms with Crippen molar-refractivity contribution in [2.75, 3.05) is 19.7 Å². The average molecular weight is 422 g/mol. The zero-order valence-electron chi connectivity index (χ0n) is 18.0. The fourth-order valence-electron chi connectivity index (χ4n) is 5.20. The van der Waals surface area contributed by atoms with Crippen LogP contribution in [-0.2, 0) is 20.7 Å². The monoisotopic (exact) mass is 421 g/mol. The van der Waals surface area contributed by atoms with E-state index in [2.05, 4.69) is 18.4 Å². The molecule has 1 aromatic rings. The quantitative estimate of drug-likeness (QED) is 0.786. The summed E-state index contributed by atoms with van der Waals surface area (Å²) in [7, 11) is 0. The molecule has 0 aliphatic carbocycles. The van der Waals surface area contributed by atoms with E-state index in [0.29, 0.717) is 6.42 Å². The number of aliphatic hydroxyl groups is 1. The fraction of sp³-hybridized carbons (Fsp3) is 0.783. The van der Waals surface area contributed by atoms with Crippen LogP contribution in [0.5, 0.6) is 0 Å². The summed E-state index contributed by atoms with van der Waals surface area (Å²) >= 11 is 1.73. The summed E-state index contributed by atoms with van der Waals surface area (Å²) in [5.41, 5.74) is -0.959. The van der Waals surface area contributed by atoms with Crippen molar-refractivity contribution in [3.63, 3.8) is 0 Å². The molecule has 0 unspecified atom stereocenters. The Labute approximate surface area is 178 Å². The average Bonchev–Trinajstić information content (AvgIpc) is 3.41. The molecule has 4 heterocycles.